The van der Waals surface area contributed by atoms with E-state index < -0.39 is 5.54 Å². The minimum absolute atomic E-state index is 0.102. The summed E-state index contributed by atoms with van der Waals surface area (Å²) in [4.78, 5) is 14.9. The van der Waals surface area contributed by atoms with E-state index in [-0.39, 0.29) is 5.97 Å². The highest BCUT2D eigenvalue weighted by Gasteiger charge is 2.41. The van der Waals surface area contributed by atoms with Crippen LogP contribution in [0.3, 0.4) is 0 Å². The molecule has 0 saturated heterocycles. The topological polar surface area (TPSA) is 41.6 Å². The number of nitrogens with one attached hydrogen (secondary N) is 1. The van der Waals surface area contributed by atoms with Crippen LogP contribution in [-0.2, 0) is 9.53 Å². The fourth-order valence-electron chi connectivity index (χ4n) is 2.70. The van der Waals surface area contributed by atoms with Crippen molar-refractivity contribution in [3.8, 4) is 0 Å². The van der Waals surface area contributed by atoms with Crippen molar-refractivity contribution in [3.63, 3.8) is 0 Å². The lowest BCUT2D eigenvalue weighted by Crippen LogP contribution is -2.58. The van der Waals surface area contributed by atoms with Gasteiger partial charge < -0.3 is 10.1 Å². The number of esters is 1. The summed E-state index contributed by atoms with van der Waals surface area (Å²) in [5, 5.41) is 3.42. The van der Waals surface area contributed by atoms with Gasteiger partial charge in [0.2, 0.25) is 0 Å². The highest BCUT2D eigenvalue weighted by Crippen LogP contribution is 2.35. The highest BCUT2D eigenvalue weighted by atomic mass is 16.5. The Morgan fingerprint density at radius 2 is 2.00 bits per heavy atom. The second-order valence-electron chi connectivity index (χ2n) is 6.58. The first-order valence-corrected chi connectivity index (χ1v) is 8.25. The fourth-order valence-corrected chi connectivity index (χ4v) is 2.70. The first kappa shape index (κ1) is 15.8. The van der Waals surface area contributed by atoms with Crippen molar-refractivity contribution in [3.05, 3.63) is 0 Å². The molecule has 2 fully saturated rings. The third-order valence-corrected chi connectivity index (χ3v) is 4.26. The molecular weight excluding hydrogens is 252 g/mol. The van der Waals surface area contributed by atoms with Gasteiger partial charge >= 0.3 is 5.97 Å². The van der Waals surface area contributed by atoms with Gasteiger partial charge in [0.1, 0.15) is 5.54 Å². The van der Waals surface area contributed by atoms with E-state index in [9.17, 15) is 4.79 Å². The summed E-state index contributed by atoms with van der Waals surface area (Å²) < 4.78 is 5.30. The molecule has 2 rings (SSSR count). The molecule has 0 heterocycles. The summed E-state index contributed by atoms with van der Waals surface area (Å²) in [5.41, 5.74) is -0.566. The summed E-state index contributed by atoms with van der Waals surface area (Å²) >= 11 is 0. The lowest BCUT2D eigenvalue weighted by atomic mass is 10.0. The van der Waals surface area contributed by atoms with Crippen LogP contribution in [0.2, 0.25) is 0 Å². The Kier molecular flexibility index (Phi) is 5.44. The minimum atomic E-state index is -0.566. The van der Waals surface area contributed by atoms with Gasteiger partial charge in [-0.1, -0.05) is 6.92 Å². The first-order chi connectivity index (χ1) is 9.59. The van der Waals surface area contributed by atoms with Crippen LogP contribution < -0.4 is 5.32 Å². The Bertz CT molecular complexity index is 326. The van der Waals surface area contributed by atoms with Crippen molar-refractivity contribution >= 4 is 5.97 Å². The molecule has 0 spiro atoms. The van der Waals surface area contributed by atoms with E-state index in [4.69, 9.17) is 4.74 Å². The SMILES string of the molecule is CCCNC(C)(CN(CC1CC1)C1CC1)C(=O)OCC. The third-order valence-electron chi connectivity index (χ3n) is 4.26. The van der Waals surface area contributed by atoms with E-state index in [0.29, 0.717) is 12.6 Å². The number of rotatable bonds is 10. The number of hydrogen-bond acceptors (Lipinski definition) is 4. The van der Waals surface area contributed by atoms with Crippen molar-refractivity contribution < 1.29 is 9.53 Å². The van der Waals surface area contributed by atoms with Gasteiger partial charge in [-0.25, -0.2) is 0 Å². The molecule has 0 radical (unpaired) electrons. The first-order valence-electron chi connectivity index (χ1n) is 8.25. The number of carbonyl (C=O) groups is 1. The monoisotopic (exact) mass is 282 g/mol. The Labute approximate surface area is 123 Å². The van der Waals surface area contributed by atoms with Gasteiger partial charge in [-0.05, 0) is 58.4 Å². The van der Waals surface area contributed by atoms with Gasteiger partial charge in [0, 0.05) is 19.1 Å². The van der Waals surface area contributed by atoms with E-state index in [0.717, 1.165) is 32.0 Å². The zero-order chi connectivity index (χ0) is 14.6. The zero-order valence-electron chi connectivity index (χ0n) is 13.3. The molecule has 0 aromatic rings. The molecule has 4 nitrogen and oxygen atoms in total. The summed E-state index contributed by atoms with van der Waals surface area (Å²) in [6.45, 7) is 9.26. The smallest absolute Gasteiger partial charge is 0.327 e. The van der Waals surface area contributed by atoms with Gasteiger partial charge in [0.05, 0.1) is 6.61 Å². The van der Waals surface area contributed by atoms with Crippen LogP contribution in [0.4, 0.5) is 0 Å². The normalized spacial score (nSPS) is 21.8. The predicted octanol–water partition coefficient (Wildman–Crippen LogP) is 2.18. The van der Waals surface area contributed by atoms with Crippen molar-refractivity contribution in [1.82, 2.24) is 10.2 Å². The maximum atomic E-state index is 12.3. The van der Waals surface area contributed by atoms with Gasteiger partial charge in [0.15, 0.2) is 0 Å². The van der Waals surface area contributed by atoms with Gasteiger partial charge in [-0.2, -0.15) is 0 Å². The fraction of sp³-hybridized carbons (Fsp3) is 0.938. The summed E-state index contributed by atoms with van der Waals surface area (Å²) in [6.07, 6.45) is 6.34. The minimum Gasteiger partial charge on any atom is -0.465 e. The molecule has 4 heteroatoms. The van der Waals surface area contributed by atoms with Crippen molar-refractivity contribution in [2.75, 3.05) is 26.2 Å². The molecule has 1 N–H and O–H groups in total. The summed E-state index contributed by atoms with van der Waals surface area (Å²) in [6, 6.07) is 0.702. The quantitative estimate of drug-likeness (QED) is 0.624. The van der Waals surface area contributed by atoms with Crippen LogP contribution in [0.5, 0.6) is 0 Å². The van der Waals surface area contributed by atoms with Crippen LogP contribution in [0, 0.1) is 5.92 Å². The average molecular weight is 282 g/mol. The summed E-state index contributed by atoms with van der Waals surface area (Å²) in [7, 11) is 0. The molecule has 0 amide bonds. The van der Waals surface area contributed by atoms with E-state index >= 15 is 0 Å². The van der Waals surface area contributed by atoms with E-state index in [1.54, 1.807) is 0 Å². The van der Waals surface area contributed by atoms with Crippen LogP contribution in [-0.4, -0.2) is 48.7 Å². The van der Waals surface area contributed by atoms with E-state index in [2.05, 4.69) is 17.1 Å². The van der Waals surface area contributed by atoms with Crippen molar-refractivity contribution in [2.45, 2.75) is 64.5 Å². The van der Waals surface area contributed by atoms with Crippen molar-refractivity contribution in [1.29, 1.82) is 0 Å². The number of ether oxygens (including phenoxy) is 1. The molecule has 2 aliphatic rings. The second kappa shape index (κ2) is 6.90. The molecule has 1 unspecified atom stereocenters. The van der Waals surface area contributed by atoms with Crippen LogP contribution in [0.1, 0.15) is 52.9 Å². The molecule has 116 valence electrons. The number of hydrogen-bond donors (Lipinski definition) is 1. The molecule has 2 saturated carbocycles. The van der Waals surface area contributed by atoms with Crippen LogP contribution in [0.15, 0.2) is 0 Å². The molecule has 2 aliphatic carbocycles. The van der Waals surface area contributed by atoms with Crippen LogP contribution in [0.25, 0.3) is 0 Å². The van der Waals surface area contributed by atoms with Gasteiger partial charge in [-0.15, -0.1) is 0 Å². The Balaban J connectivity index is 1.97. The number of carbonyl (C=O) groups excluding carboxylic acids is 1. The maximum absolute atomic E-state index is 12.3. The molecule has 20 heavy (non-hydrogen) atoms. The lowest BCUT2D eigenvalue weighted by molar-refractivity contribution is -0.151. The van der Waals surface area contributed by atoms with E-state index in [1.807, 2.05) is 13.8 Å². The van der Waals surface area contributed by atoms with Crippen LogP contribution >= 0.6 is 0 Å². The molecule has 0 aliphatic heterocycles. The second-order valence-corrected chi connectivity index (χ2v) is 6.58. The average Bonchev–Trinajstić information content (AvgIpc) is 3.27. The maximum Gasteiger partial charge on any atom is 0.327 e. The largest absolute Gasteiger partial charge is 0.465 e. The lowest BCUT2D eigenvalue weighted by Gasteiger charge is -2.34. The number of nitrogens with zero attached hydrogens (tertiary/aromatic N) is 1. The summed E-state index contributed by atoms with van der Waals surface area (Å²) in [5.74, 6) is 0.767. The Hall–Kier alpha value is -0.610. The van der Waals surface area contributed by atoms with Crippen molar-refractivity contribution in [2.24, 2.45) is 5.92 Å². The van der Waals surface area contributed by atoms with Gasteiger partial charge in [-0.3, -0.25) is 9.69 Å². The van der Waals surface area contributed by atoms with E-state index in [1.165, 1.54) is 25.7 Å². The Morgan fingerprint density at radius 3 is 2.50 bits per heavy atom. The Morgan fingerprint density at radius 1 is 1.30 bits per heavy atom. The highest BCUT2D eigenvalue weighted by molar-refractivity contribution is 5.80. The standard InChI is InChI=1S/C16H30N2O2/c1-4-10-17-16(3,15(19)20-5-2)12-18(14-8-9-14)11-13-6-7-13/h13-14,17H,4-12H2,1-3H3. The third kappa shape index (κ3) is 4.45. The molecule has 0 aromatic heterocycles. The van der Waals surface area contributed by atoms with Gasteiger partial charge in [0.25, 0.3) is 0 Å². The molecule has 0 bridgehead atoms. The molecule has 1 atom stereocenters. The zero-order valence-corrected chi connectivity index (χ0v) is 13.3. The predicted molar refractivity (Wildman–Crippen MR) is 80.7 cm³/mol. The molecular formula is C16H30N2O2. The molecule has 0 aromatic carbocycles.